The molecular weight excluding hydrogens is 426 g/mol. The molecular formula is C23H25N5O5. The molecule has 1 aliphatic heterocycles. The number of allylic oxidation sites excluding steroid dienone is 1. The van der Waals surface area contributed by atoms with E-state index in [1.807, 2.05) is 18.2 Å². The average Bonchev–Trinajstić information content (AvgIpc) is 3.25. The van der Waals surface area contributed by atoms with E-state index in [9.17, 15) is 4.79 Å². The Kier molecular flexibility index (Phi) is 5.82. The molecule has 1 amide bonds. The maximum Gasteiger partial charge on any atom is 0.248 e. The van der Waals surface area contributed by atoms with Crippen molar-refractivity contribution in [3.05, 3.63) is 53.2 Å². The van der Waals surface area contributed by atoms with E-state index in [4.69, 9.17) is 29.8 Å². The lowest BCUT2D eigenvalue weighted by molar-refractivity contribution is -0.115. The van der Waals surface area contributed by atoms with Gasteiger partial charge in [-0.05, 0) is 31.2 Å². The fraction of sp³-hybridized carbons (Fsp3) is 0.261. The minimum absolute atomic E-state index is 0.352. The molecule has 10 nitrogen and oxygen atoms in total. The van der Waals surface area contributed by atoms with Gasteiger partial charge in [0.1, 0.15) is 29.0 Å². The second kappa shape index (κ2) is 8.73. The predicted molar refractivity (Wildman–Crippen MR) is 122 cm³/mol. The number of carbonyl (C=O) groups excluding carboxylic acids is 1. The SMILES string of the molecule is COc1cc(OC)cc(-c2nc3n(n2)C(c2ccc(OC)cc2OC)C(C(N)=O)=C(C)N3)c1. The van der Waals surface area contributed by atoms with Gasteiger partial charge >= 0.3 is 0 Å². The first-order valence-corrected chi connectivity index (χ1v) is 10.1. The maximum atomic E-state index is 12.5. The van der Waals surface area contributed by atoms with Gasteiger partial charge in [0, 0.05) is 29.0 Å². The molecule has 2 aromatic carbocycles. The number of amides is 1. The number of aromatic nitrogens is 3. The van der Waals surface area contributed by atoms with Crippen molar-refractivity contribution < 1.29 is 23.7 Å². The Labute approximate surface area is 190 Å². The van der Waals surface area contributed by atoms with Crippen LogP contribution in [0.4, 0.5) is 5.95 Å². The van der Waals surface area contributed by atoms with Crippen LogP contribution in [0.25, 0.3) is 11.4 Å². The number of benzene rings is 2. The van der Waals surface area contributed by atoms with Crippen LogP contribution in [0.5, 0.6) is 23.0 Å². The molecule has 0 aliphatic carbocycles. The van der Waals surface area contributed by atoms with Crippen molar-refractivity contribution >= 4 is 11.9 Å². The highest BCUT2D eigenvalue weighted by Gasteiger charge is 2.35. The van der Waals surface area contributed by atoms with Crippen LogP contribution in [0.2, 0.25) is 0 Å². The second-order valence-electron chi connectivity index (χ2n) is 7.34. The molecule has 0 radical (unpaired) electrons. The standard InChI is InChI=1S/C23H25N5O5/c1-12-19(21(24)29)20(17-7-6-14(30-2)11-18(17)33-5)28-23(25-12)26-22(27-28)13-8-15(31-3)10-16(9-13)32-4/h6-11,20H,1-5H3,(H2,24,29)(H,25,26,27). The predicted octanol–water partition coefficient (Wildman–Crippen LogP) is 2.75. The Morgan fingerprint density at radius 3 is 2.21 bits per heavy atom. The van der Waals surface area contributed by atoms with E-state index < -0.39 is 11.9 Å². The van der Waals surface area contributed by atoms with Crippen LogP contribution in [0.15, 0.2) is 47.7 Å². The molecule has 1 unspecified atom stereocenters. The van der Waals surface area contributed by atoms with E-state index in [0.717, 1.165) is 0 Å². The van der Waals surface area contributed by atoms with Crippen LogP contribution in [0.3, 0.4) is 0 Å². The molecule has 1 aliphatic rings. The molecule has 0 bridgehead atoms. The van der Waals surface area contributed by atoms with Gasteiger partial charge in [0.25, 0.3) is 0 Å². The van der Waals surface area contributed by atoms with Crippen molar-refractivity contribution in [2.45, 2.75) is 13.0 Å². The molecule has 10 heteroatoms. The quantitative estimate of drug-likeness (QED) is 0.562. The highest BCUT2D eigenvalue weighted by atomic mass is 16.5. The average molecular weight is 451 g/mol. The highest BCUT2D eigenvalue weighted by molar-refractivity contribution is 5.95. The van der Waals surface area contributed by atoms with Crippen LogP contribution in [0, 0.1) is 0 Å². The molecule has 2 heterocycles. The maximum absolute atomic E-state index is 12.5. The summed E-state index contributed by atoms with van der Waals surface area (Å²) in [4.78, 5) is 17.1. The Bertz CT molecular complexity index is 1230. The van der Waals surface area contributed by atoms with E-state index >= 15 is 0 Å². The van der Waals surface area contributed by atoms with Gasteiger partial charge in [0.15, 0.2) is 5.82 Å². The Hall–Kier alpha value is -4.21. The van der Waals surface area contributed by atoms with Gasteiger partial charge in [-0.25, -0.2) is 4.68 Å². The van der Waals surface area contributed by atoms with Crippen molar-refractivity contribution in [1.82, 2.24) is 14.8 Å². The van der Waals surface area contributed by atoms with E-state index in [1.54, 1.807) is 58.2 Å². The fourth-order valence-corrected chi connectivity index (χ4v) is 3.86. The van der Waals surface area contributed by atoms with Gasteiger partial charge in [-0.1, -0.05) is 0 Å². The first-order chi connectivity index (χ1) is 15.9. The third kappa shape index (κ3) is 3.91. The summed E-state index contributed by atoms with van der Waals surface area (Å²) < 4.78 is 23.3. The molecule has 3 aromatic rings. The number of primary amides is 1. The third-order valence-electron chi connectivity index (χ3n) is 5.46. The molecule has 1 aromatic heterocycles. The van der Waals surface area contributed by atoms with Crippen molar-refractivity contribution in [3.8, 4) is 34.4 Å². The lowest BCUT2D eigenvalue weighted by Gasteiger charge is -2.28. The molecule has 3 N–H and O–H groups in total. The Morgan fingerprint density at radius 2 is 1.64 bits per heavy atom. The number of anilines is 1. The summed E-state index contributed by atoms with van der Waals surface area (Å²) in [6, 6.07) is 10.1. The summed E-state index contributed by atoms with van der Waals surface area (Å²) in [6.07, 6.45) is 0. The molecule has 0 saturated heterocycles. The molecule has 0 fully saturated rings. The van der Waals surface area contributed by atoms with E-state index in [1.165, 1.54) is 0 Å². The van der Waals surface area contributed by atoms with Gasteiger partial charge in [-0.15, -0.1) is 5.10 Å². The molecule has 0 saturated carbocycles. The van der Waals surface area contributed by atoms with Crippen molar-refractivity contribution in [1.29, 1.82) is 0 Å². The molecule has 1 atom stereocenters. The lowest BCUT2D eigenvalue weighted by atomic mass is 9.94. The minimum atomic E-state index is -0.659. The Morgan fingerprint density at radius 1 is 0.970 bits per heavy atom. The zero-order valence-electron chi connectivity index (χ0n) is 19.0. The number of methoxy groups -OCH3 is 4. The summed E-state index contributed by atoms with van der Waals surface area (Å²) in [6.45, 7) is 1.77. The number of carbonyl (C=O) groups is 1. The second-order valence-corrected chi connectivity index (χ2v) is 7.34. The summed E-state index contributed by atoms with van der Waals surface area (Å²) in [7, 11) is 6.27. The lowest BCUT2D eigenvalue weighted by Crippen LogP contribution is -2.32. The summed E-state index contributed by atoms with van der Waals surface area (Å²) in [5.74, 6) is 2.65. The van der Waals surface area contributed by atoms with Gasteiger partial charge in [0.2, 0.25) is 11.9 Å². The minimum Gasteiger partial charge on any atom is -0.497 e. The van der Waals surface area contributed by atoms with Crippen molar-refractivity contribution in [2.24, 2.45) is 5.73 Å². The molecule has 172 valence electrons. The van der Waals surface area contributed by atoms with Crippen LogP contribution < -0.4 is 30.0 Å². The van der Waals surface area contributed by atoms with Crippen LogP contribution in [-0.2, 0) is 4.79 Å². The van der Waals surface area contributed by atoms with Crippen LogP contribution in [0.1, 0.15) is 18.5 Å². The van der Waals surface area contributed by atoms with E-state index in [0.29, 0.717) is 57.2 Å². The number of hydrogen-bond acceptors (Lipinski definition) is 8. The Balaban J connectivity index is 1.91. The van der Waals surface area contributed by atoms with Crippen molar-refractivity contribution in [3.63, 3.8) is 0 Å². The summed E-state index contributed by atoms with van der Waals surface area (Å²) in [5.41, 5.74) is 8.10. The van der Waals surface area contributed by atoms with Crippen LogP contribution >= 0.6 is 0 Å². The number of nitrogens with zero attached hydrogens (tertiary/aromatic N) is 3. The van der Waals surface area contributed by atoms with E-state index in [2.05, 4.69) is 10.3 Å². The zero-order valence-corrected chi connectivity index (χ0v) is 19.0. The summed E-state index contributed by atoms with van der Waals surface area (Å²) in [5, 5.41) is 7.86. The summed E-state index contributed by atoms with van der Waals surface area (Å²) >= 11 is 0. The van der Waals surface area contributed by atoms with Crippen molar-refractivity contribution in [2.75, 3.05) is 33.8 Å². The van der Waals surface area contributed by atoms with Crippen LogP contribution in [-0.4, -0.2) is 49.1 Å². The molecule has 0 spiro atoms. The number of rotatable bonds is 7. The van der Waals surface area contributed by atoms with Gasteiger partial charge < -0.3 is 30.0 Å². The van der Waals surface area contributed by atoms with E-state index in [-0.39, 0.29) is 0 Å². The smallest absolute Gasteiger partial charge is 0.248 e. The largest absolute Gasteiger partial charge is 0.497 e. The normalized spacial score (nSPS) is 14.9. The molecule has 33 heavy (non-hydrogen) atoms. The third-order valence-corrected chi connectivity index (χ3v) is 5.46. The number of fused-ring (bicyclic) bond motifs is 1. The van der Waals surface area contributed by atoms with Gasteiger partial charge in [0.05, 0.1) is 34.0 Å². The van der Waals surface area contributed by atoms with Gasteiger partial charge in [-0.3, -0.25) is 4.79 Å². The van der Waals surface area contributed by atoms with Gasteiger partial charge in [-0.2, -0.15) is 4.98 Å². The monoisotopic (exact) mass is 451 g/mol. The topological polar surface area (TPSA) is 123 Å². The number of ether oxygens (including phenoxy) is 4. The first-order valence-electron chi connectivity index (χ1n) is 10.1. The highest BCUT2D eigenvalue weighted by Crippen LogP contribution is 2.41. The first kappa shape index (κ1) is 22.0. The number of hydrogen-bond donors (Lipinski definition) is 2. The number of nitrogens with one attached hydrogen (secondary N) is 1. The molecule has 4 rings (SSSR count). The fourth-order valence-electron chi connectivity index (χ4n) is 3.86. The zero-order chi connectivity index (χ0) is 23.7. The number of nitrogens with two attached hydrogens (primary N) is 1.